The number of hydrogen-bond donors (Lipinski definition) is 0. The molecule has 0 saturated heterocycles. The molecule has 0 fully saturated rings. The van der Waals surface area contributed by atoms with Crippen molar-refractivity contribution < 1.29 is 4.79 Å². The third kappa shape index (κ3) is 2.65. The second kappa shape index (κ2) is 5.62. The molecule has 0 aromatic carbocycles. The van der Waals surface area contributed by atoms with E-state index >= 15 is 0 Å². The summed E-state index contributed by atoms with van der Waals surface area (Å²) in [6, 6.07) is 1.89. The summed E-state index contributed by atoms with van der Waals surface area (Å²) in [7, 11) is 5.00. The van der Waals surface area contributed by atoms with Crippen LogP contribution in [0.1, 0.15) is 5.01 Å². The van der Waals surface area contributed by atoms with Crippen LogP contribution in [-0.4, -0.2) is 44.0 Å². The Morgan fingerprint density at radius 3 is 2.65 bits per heavy atom. The molecule has 0 aliphatic heterocycles. The van der Waals surface area contributed by atoms with E-state index in [1.165, 1.54) is 14.0 Å². The van der Waals surface area contributed by atoms with Gasteiger partial charge in [0.05, 0.1) is 15.4 Å². The third-order valence-corrected chi connectivity index (χ3v) is 4.63. The Balaban J connectivity index is 2.17. The lowest BCUT2D eigenvalue weighted by Gasteiger charge is -2.10. The highest BCUT2D eigenvalue weighted by atomic mass is 32.1. The molecular formula is C15H17N5O2S. The summed E-state index contributed by atoms with van der Waals surface area (Å²) in [4.78, 5) is 35.5. The van der Waals surface area contributed by atoms with Crippen molar-refractivity contribution >= 4 is 28.4 Å². The lowest BCUT2D eigenvalue weighted by Crippen LogP contribution is -2.31. The highest BCUT2D eigenvalue weighted by molar-refractivity contribution is 7.15. The molecule has 120 valence electrons. The SMILES string of the molecule is Cc1ncc(-c2cnc3c(c2)n(CC(=O)N(C)C)c(=O)n3C)s1. The number of likely N-dealkylation sites (N-methyl/N-ethyl adjacent to an activating group) is 1. The molecule has 0 unspecified atom stereocenters. The molecule has 0 atom stereocenters. The lowest BCUT2D eigenvalue weighted by molar-refractivity contribution is -0.129. The molecule has 0 aliphatic carbocycles. The number of carbonyl (C=O) groups excluding carboxylic acids is 1. The van der Waals surface area contributed by atoms with E-state index in [0.29, 0.717) is 11.2 Å². The number of amides is 1. The van der Waals surface area contributed by atoms with Crippen molar-refractivity contribution in [1.82, 2.24) is 24.0 Å². The smallest absolute Gasteiger partial charge is 0.330 e. The Kier molecular flexibility index (Phi) is 3.77. The van der Waals surface area contributed by atoms with E-state index < -0.39 is 0 Å². The summed E-state index contributed by atoms with van der Waals surface area (Å²) < 4.78 is 2.92. The topological polar surface area (TPSA) is 73.0 Å². The van der Waals surface area contributed by atoms with Gasteiger partial charge in [0.15, 0.2) is 5.65 Å². The molecule has 0 aliphatic rings. The van der Waals surface area contributed by atoms with Gasteiger partial charge in [-0.2, -0.15) is 0 Å². The molecular weight excluding hydrogens is 314 g/mol. The molecule has 3 aromatic heterocycles. The average molecular weight is 331 g/mol. The van der Waals surface area contributed by atoms with Gasteiger partial charge >= 0.3 is 5.69 Å². The highest BCUT2D eigenvalue weighted by Gasteiger charge is 2.16. The Hall–Kier alpha value is -2.48. The number of hydrogen-bond acceptors (Lipinski definition) is 5. The fraction of sp³-hybridized carbons (Fsp3) is 0.333. The van der Waals surface area contributed by atoms with Crippen LogP contribution in [-0.2, 0) is 18.4 Å². The minimum Gasteiger partial charge on any atom is -0.347 e. The van der Waals surface area contributed by atoms with Crippen molar-refractivity contribution in [2.24, 2.45) is 7.05 Å². The standard InChI is InChI=1S/C15H17N5O2S/c1-9-16-7-12(23-9)10-5-11-14(17-6-10)19(4)15(22)20(11)8-13(21)18(2)3/h5-7H,8H2,1-4H3. The molecule has 8 heteroatoms. The van der Waals surface area contributed by atoms with Crippen molar-refractivity contribution in [1.29, 1.82) is 0 Å². The number of carbonyl (C=O) groups is 1. The second-order valence-electron chi connectivity index (χ2n) is 5.53. The van der Waals surface area contributed by atoms with Crippen molar-refractivity contribution in [3.63, 3.8) is 0 Å². The maximum atomic E-state index is 12.4. The van der Waals surface area contributed by atoms with Gasteiger partial charge in [0.25, 0.3) is 0 Å². The zero-order valence-corrected chi connectivity index (χ0v) is 14.2. The van der Waals surface area contributed by atoms with Gasteiger partial charge in [-0.3, -0.25) is 13.9 Å². The van der Waals surface area contributed by atoms with E-state index in [0.717, 1.165) is 15.4 Å². The predicted octanol–water partition coefficient (Wildman–Crippen LogP) is 1.26. The first kappa shape index (κ1) is 15.4. The molecule has 23 heavy (non-hydrogen) atoms. The maximum Gasteiger partial charge on any atom is 0.330 e. The van der Waals surface area contributed by atoms with Crippen LogP contribution in [0, 0.1) is 6.92 Å². The van der Waals surface area contributed by atoms with Gasteiger partial charge in [-0.15, -0.1) is 11.3 Å². The molecule has 3 heterocycles. The Morgan fingerprint density at radius 1 is 1.30 bits per heavy atom. The Labute approximate surface area is 136 Å². The van der Waals surface area contributed by atoms with Gasteiger partial charge < -0.3 is 4.90 Å². The van der Waals surface area contributed by atoms with Gasteiger partial charge in [-0.25, -0.2) is 14.8 Å². The van der Waals surface area contributed by atoms with Gasteiger partial charge in [0.2, 0.25) is 5.91 Å². The van der Waals surface area contributed by atoms with E-state index in [9.17, 15) is 9.59 Å². The van der Waals surface area contributed by atoms with Crippen LogP contribution in [0.15, 0.2) is 23.3 Å². The van der Waals surface area contributed by atoms with Crippen LogP contribution >= 0.6 is 11.3 Å². The Bertz CT molecular complexity index is 951. The van der Waals surface area contributed by atoms with E-state index in [4.69, 9.17) is 0 Å². The highest BCUT2D eigenvalue weighted by Crippen LogP contribution is 2.27. The van der Waals surface area contributed by atoms with E-state index in [1.54, 1.807) is 44.9 Å². The van der Waals surface area contributed by atoms with Crippen molar-refractivity contribution in [2.45, 2.75) is 13.5 Å². The molecule has 3 aromatic rings. The molecule has 3 rings (SSSR count). The second-order valence-corrected chi connectivity index (χ2v) is 6.76. The van der Waals surface area contributed by atoms with Crippen molar-refractivity contribution in [2.75, 3.05) is 14.1 Å². The van der Waals surface area contributed by atoms with Crippen LogP contribution in [0.4, 0.5) is 0 Å². The summed E-state index contributed by atoms with van der Waals surface area (Å²) in [5, 5.41) is 0.966. The number of nitrogens with zero attached hydrogens (tertiary/aromatic N) is 5. The predicted molar refractivity (Wildman–Crippen MR) is 89.5 cm³/mol. The number of aryl methyl sites for hydroxylation is 2. The molecule has 0 N–H and O–H groups in total. The first-order chi connectivity index (χ1) is 10.9. The van der Waals surface area contributed by atoms with Crippen LogP contribution in [0.25, 0.3) is 21.6 Å². The summed E-state index contributed by atoms with van der Waals surface area (Å²) in [6.45, 7) is 1.93. The fourth-order valence-electron chi connectivity index (χ4n) is 2.34. The van der Waals surface area contributed by atoms with E-state index in [2.05, 4.69) is 9.97 Å². The van der Waals surface area contributed by atoms with Crippen LogP contribution in [0.3, 0.4) is 0 Å². The first-order valence-corrected chi connectivity index (χ1v) is 7.88. The maximum absolute atomic E-state index is 12.4. The molecule has 1 amide bonds. The molecule has 7 nitrogen and oxygen atoms in total. The van der Waals surface area contributed by atoms with Gasteiger partial charge in [0, 0.05) is 39.1 Å². The Morgan fingerprint density at radius 2 is 2.04 bits per heavy atom. The normalized spacial score (nSPS) is 11.1. The molecule has 0 radical (unpaired) electrons. The first-order valence-electron chi connectivity index (χ1n) is 7.06. The van der Waals surface area contributed by atoms with Crippen molar-refractivity contribution in [3.05, 3.63) is 34.0 Å². The number of imidazole rings is 1. The number of rotatable bonds is 3. The monoisotopic (exact) mass is 331 g/mol. The number of thiazole rings is 1. The zero-order chi connectivity index (χ0) is 16.7. The zero-order valence-electron chi connectivity index (χ0n) is 13.4. The van der Waals surface area contributed by atoms with E-state index in [1.807, 2.05) is 13.0 Å². The fourth-order valence-corrected chi connectivity index (χ4v) is 3.10. The molecule has 0 saturated carbocycles. The number of pyridine rings is 1. The summed E-state index contributed by atoms with van der Waals surface area (Å²) in [5.41, 5.74) is 1.85. The number of fused-ring (bicyclic) bond motifs is 1. The average Bonchev–Trinajstić information content (AvgIpc) is 3.05. The summed E-state index contributed by atoms with van der Waals surface area (Å²) in [6.07, 6.45) is 3.52. The summed E-state index contributed by atoms with van der Waals surface area (Å²) >= 11 is 1.56. The molecule has 0 bridgehead atoms. The quantitative estimate of drug-likeness (QED) is 0.724. The number of aromatic nitrogens is 4. The minimum absolute atomic E-state index is 0.00394. The minimum atomic E-state index is -0.250. The molecule has 0 spiro atoms. The third-order valence-electron chi connectivity index (χ3n) is 3.67. The van der Waals surface area contributed by atoms with Gasteiger partial charge in [-0.05, 0) is 13.0 Å². The lowest BCUT2D eigenvalue weighted by atomic mass is 10.2. The van der Waals surface area contributed by atoms with Crippen molar-refractivity contribution in [3.8, 4) is 10.4 Å². The van der Waals surface area contributed by atoms with Crippen LogP contribution < -0.4 is 5.69 Å². The van der Waals surface area contributed by atoms with E-state index in [-0.39, 0.29) is 18.1 Å². The van der Waals surface area contributed by atoms with Crippen LogP contribution in [0.2, 0.25) is 0 Å². The van der Waals surface area contributed by atoms with Gasteiger partial charge in [-0.1, -0.05) is 0 Å². The summed E-state index contributed by atoms with van der Waals surface area (Å²) in [5.74, 6) is -0.140. The van der Waals surface area contributed by atoms with Gasteiger partial charge in [0.1, 0.15) is 6.54 Å². The van der Waals surface area contributed by atoms with Crippen LogP contribution in [0.5, 0.6) is 0 Å². The largest absolute Gasteiger partial charge is 0.347 e.